The van der Waals surface area contributed by atoms with Crippen LogP contribution < -0.4 is 11.3 Å². The molecule has 0 saturated carbocycles. The Kier molecular flexibility index (Phi) is 7.67. The number of aryl methyl sites for hydroxylation is 1. The molecule has 0 saturated heterocycles. The van der Waals surface area contributed by atoms with Crippen LogP contribution in [0, 0.1) is 0 Å². The molecule has 0 aliphatic carbocycles. The average molecular weight is 445 g/mol. The maximum atomic E-state index is 13.6. The van der Waals surface area contributed by atoms with Crippen molar-refractivity contribution in [3.63, 3.8) is 0 Å². The lowest BCUT2D eigenvalue weighted by Gasteiger charge is -2.31. The van der Waals surface area contributed by atoms with Crippen LogP contribution in [0.3, 0.4) is 0 Å². The molecular formula is C19H22F3N3O4S. The average Bonchev–Trinajstić information content (AvgIpc) is 2.68. The Morgan fingerprint density at radius 2 is 1.87 bits per heavy atom. The van der Waals surface area contributed by atoms with Crippen molar-refractivity contribution < 1.29 is 28.2 Å². The van der Waals surface area contributed by atoms with Crippen LogP contribution in [0.4, 0.5) is 13.2 Å². The van der Waals surface area contributed by atoms with Gasteiger partial charge >= 0.3 is 12.1 Å². The lowest BCUT2D eigenvalue weighted by Crippen LogP contribution is -2.42. The van der Waals surface area contributed by atoms with Crippen LogP contribution >= 0.6 is 11.8 Å². The highest BCUT2D eigenvalue weighted by Crippen LogP contribution is 2.42. The first-order chi connectivity index (χ1) is 14.0. The summed E-state index contributed by atoms with van der Waals surface area (Å²) in [6.07, 6.45) is -3.97. The van der Waals surface area contributed by atoms with Gasteiger partial charge in [0.1, 0.15) is 6.04 Å². The molecule has 1 aromatic carbocycles. The predicted octanol–water partition coefficient (Wildman–Crippen LogP) is 2.12. The van der Waals surface area contributed by atoms with Crippen LogP contribution in [0.2, 0.25) is 0 Å². The van der Waals surface area contributed by atoms with E-state index in [2.05, 4.69) is 5.10 Å². The molecule has 2 unspecified atom stereocenters. The zero-order valence-corrected chi connectivity index (χ0v) is 16.9. The second kappa shape index (κ2) is 9.63. The molecule has 0 fully saturated rings. The number of alkyl halides is 3. The molecule has 0 spiro atoms. The standard InChI is InChI=1S/C19H22F3N3O4S/c1-25-16(26)10-13(11-24-25)12-2-4-14(5-3-12)18(29,19(20,21)22)7-9-30-8-6-15(23)17(27)28/h2-5,10-11,15,29H,6-9,23H2,1H3,(H,27,28). The molecule has 2 aromatic rings. The summed E-state index contributed by atoms with van der Waals surface area (Å²) in [6, 6.07) is 5.37. The predicted molar refractivity (Wildman–Crippen MR) is 107 cm³/mol. The number of hydrogen-bond donors (Lipinski definition) is 3. The first-order valence-electron chi connectivity index (χ1n) is 8.95. The molecule has 2 rings (SSSR count). The summed E-state index contributed by atoms with van der Waals surface area (Å²) in [7, 11) is 1.48. The minimum Gasteiger partial charge on any atom is -0.480 e. The van der Waals surface area contributed by atoms with Crippen LogP contribution in [0.25, 0.3) is 11.1 Å². The van der Waals surface area contributed by atoms with Gasteiger partial charge in [-0.25, -0.2) is 4.68 Å². The molecule has 11 heteroatoms. The highest BCUT2D eigenvalue weighted by Gasteiger charge is 2.54. The topological polar surface area (TPSA) is 118 Å². The van der Waals surface area contributed by atoms with E-state index >= 15 is 0 Å². The number of aliphatic hydroxyl groups is 1. The van der Waals surface area contributed by atoms with Gasteiger partial charge in [0.15, 0.2) is 5.60 Å². The van der Waals surface area contributed by atoms with Crippen molar-refractivity contribution in [1.82, 2.24) is 9.78 Å². The third-order valence-electron chi connectivity index (χ3n) is 4.63. The lowest BCUT2D eigenvalue weighted by molar-refractivity contribution is -0.267. The van der Waals surface area contributed by atoms with Gasteiger partial charge in [-0.05, 0) is 35.5 Å². The van der Waals surface area contributed by atoms with E-state index in [-0.39, 0.29) is 29.0 Å². The largest absolute Gasteiger partial charge is 0.480 e. The van der Waals surface area contributed by atoms with E-state index in [9.17, 15) is 27.9 Å². The summed E-state index contributed by atoms with van der Waals surface area (Å²) in [5.41, 5.74) is 2.56. The molecular weight excluding hydrogens is 423 g/mol. The Labute approximate surface area is 174 Å². The number of hydrogen-bond acceptors (Lipinski definition) is 6. The highest BCUT2D eigenvalue weighted by atomic mass is 32.2. The van der Waals surface area contributed by atoms with Gasteiger partial charge in [-0.3, -0.25) is 9.59 Å². The van der Waals surface area contributed by atoms with Crippen LogP contribution in [-0.2, 0) is 17.4 Å². The number of thioether (sulfide) groups is 1. The van der Waals surface area contributed by atoms with E-state index in [1.54, 1.807) is 0 Å². The summed E-state index contributed by atoms with van der Waals surface area (Å²) in [6.45, 7) is 0. The van der Waals surface area contributed by atoms with Crippen molar-refractivity contribution >= 4 is 17.7 Å². The summed E-state index contributed by atoms with van der Waals surface area (Å²) in [5.74, 6) is -0.951. The molecule has 7 nitrogen and oxygen atoms in total. The van der Waals surface area contributed by atoms with E-state index < -0.39 is 30.2 Å². The molecule has 0 bridgehead atoms. The summed E-state index contributed by atoms with van der Waals surface area (Å²) in [4.78, 5) is 22.3. The van der Waals surface area contributed by atoms with Crippen molar-refractivity contribution in [1.29, 1.82) is 0 Å². The molecule has 1 heterocycles. The van der Waals surface area contributed by atoms with Crippen LogP contribution in [-0.4, -0.2) is 49.7 Å². The second-order valence-electron chi connectivity index (χ2n) is 6.74. The maximum absolute atomic E-state index is 13.6. The molecule has 30 heavy (non-hydrogen) atoms. The highest BCUT2D eigenvalue weighted by molar-refractivity contribution is 7.99. The Bertz CT molecular complexity index is 934. The van der Waals surface area contributed by atoms with Gasteiger partial charge in [-0.2, -0.15) is 30.0 Å². The first-order valence-corrected chi connectivity index (χ1v) is 10.1. The Morgan fingerprint density at radius 1 is 1.23 bits per heavy atom. The van der Waals surface area contributed by atoms with Crippen molar-refractivity contribution in [2.24, 2.45) is 12.8 Å². The summed E-state index contributed by atoms with van der Waals surface area (Å²) in [5, 5.41) is 23.0. The van der Waals surface area contributed by atoms with E-state index in [1.165, 1.54) is 43.6 Å². The zero-order valence-electron chi connectivity index (χ0n) is 16.1. The Balaban J connectivity index is 2.13. The van der Waals surface area contributed by atoms with Crippen LogP contribution in [0.15, 0.2) is 41.3 Å². The molecule has 1 aromatic heterocycles. The van der Waals surface area contributed by atoms with Crippen molar-refractivity contribution in [3.8, 4) is 11.1 Å². The minimum absolute atomic E-state index is 0.0389. The van der Waals surface area contributed by atoms with Gasteiger partial charge in [0.05, 0.1) is 6.20 Å². The van der Waals surface area contributed by atoms with Gasteiger partial charge in [0.2, 0.25) is 0 Å². The SMILES string of the molecule is Cn1ncc(-c2ccc(C(O)(CCSCCC(N)C(=O)O)C(F)(F)F)cc2)cc1=O. The number of carbonyl (C=O) groups is 1. The molecule has 0 amide bonds. The molecule has 0 aliphatic heterocycles. The second-order valence-corrected chi connectivity index (χ2v) is 7.96. The monoisotopic (exact) mass is 445 g/mol. The smallest absolute Gasteiger partial charge is 0.421 e. The number of carboxylic acids is 1. The van der Waals surface area contributed by atoms with E-state index in [0.717, 1.165) is 16.4 Å². The summed E-state index contributed by atoms with van der Waals surface area (Å²) >= 11 is 1.09. The molecule has 164 valence electrons. The quantitative estimate of drug-likeness (QED) is 0.506. The number of halogens is 3. The van der Waals surface area contributed by atoms with Crippen molar-refractivity contribution in [2.45, 2.75) is 30.7 Å². The van der Waals surface area contributed by atoms with E-state index in [4.69, 9.17) is 10.8 Å². The zero-order chi connectivity index (χ0) is 22.5. The number of aliphatic carboxylic acids is 1. The van der Waals surface area contributed by atoms with Gasteiger partial charge < -0.3 is 15.9 Å². The molecule has 0 radical (unpaired) electrons. The molecule has 0 aliphatic rings. The van der Waals surface area contributed by atoms with Crippen molar-refractivity contribution in [3.05, 3.63) is 52.4 Å². The Morgan fingerprint density at radius 3 is 2.40 bits per heavy atom. The lowest BCUT2D eigenvalue weighted by atomic mass is 9.89. The van der Waals surface area contributed by atoms with Crippen LogP contribution in [0.5, 0.6) is 0 Å². The van der Waals surface area contributed by atoms with E-state index in [1.807, 2.05) is 0 Å². The third kappa shape index (κ3) is 5.61. The van der Waals surface area contributed by atoms with Gasteiger partial charge in [0, 0.05) is 18.7 Å². The third-order valence-corrected chi connectivity index (χ3v) is 5.65. The van der Waals surface area contributed by atoms with E-state index in [0.29, 0.717) is 11.1 Å². The summed E-state index contributed by atoms with van der Waals surface area (Å²) < 4.78 is 42.1. The van der Waals surface area contributed by atoms with Gasteiger partial charge in [0.25, 0.3) is 5.56 Å². The molecule has 2 atom stereocenters. The fourth-order valence-electron chi connectivity index (χ4n) is 2.67. The first kappa shape index (κ1) is 23.9. The molecule has 4 N–H and O–H groups in total. The number of rotatable bonds is 9. The number of carboxylic acid groups (broad SMARTS) is 1. The maximum Gasteiger partial charge on any atom is 0.421 e. The fourth-order valence-corrected chi connectivity index (χ4v) is 3.74. The van der Waals surface area contributed by atoms with Gasteiger partial charge in [-0.1, -0.05) is 24.3 Å². The number of nitrogens with two attached hydrogens (primary N) is 1. The normalized spacial score (nSPS) is 14.9. The van der Waals surface area contributed by atoms with Gasteiger partial charge in [-0.15, -0.1) is 0 Å². The minimum atomic E-state index is -4.91. The van der Waals surface area contributed by atoms with Crippen LogP contribution in [0.1, 0.15) is 18.4 Å². The van der Waals surface area contributed by atoms with Crippen molar-refractivity contribution in [2.75, 3.05) is 11.5 Å². The number of nitrogens with zero attached hydrogens (tertiary/aromatic N) is 2. The number of benzene rings is 1. The fraction of sp³-hybridized carbons (Fsp3) is 0.421. The Hall–Kier alpha value is -2.37. The number of aromatic nitrogens is 2.